The lowest BCUT2D eigenvalue weighted by molar-refractivity contribution is -0.129. The van der Waals surface area contributed by atoms with Gasteiger partial charge < -0.3 is 20.3 Å². The number of fused-ring (bicyclic) bond motifs is 1. The zero-order chi connectivity index (χ0) is 19.3. The maximum Gasteiger partial charge on any atom is 0.225 e. The molecule has 7 heteroatoms. The number of hydrogen-bond acceptors (Lipinski definition) is 5. The summed E-state index contributed by atoms with van der Waals surface area (Å²) >= 11 is 0. The van der Waals surface area contributed by atoms with Crippen molar-refractivity contribution in [2.24, 2.45) is 5.92 Å². The van der Waals surface area contributed by atoms with E-state index in [0.717, 1.165) is 45.8 Å². The molecular formula is C21H30N4O3. The topological polar surface area (TPSA) is 73.9 Å². The molecule has 0 aliphatic carbocycles. The van der Waals surface area contributed by atoms with E-state index in [0.29, 0.717) is 26.1 Å². The van der Waals surface area contributed by atoms with Crippen molar-refractivity contribution < 1.29 is 14.3 Å². The van der Waals surface area contributed by atoms with Gasteiger partial charge in [0.2, 0.25) is 11.8 Å². The van der Waals surface area contributed by atoms with Gasteiger partial charge in [0, 0.05) is 51.7 Å². The van der Waals surface area contributed by atoms with Crippen molar-refractivity contribution in [1.82, 2.24) is 20.4 Å². The Hall–Kier alpha value is -1.96. The van der Waals surface area contributed by atoms with Gasteiger partial charge in [-0.15, -0.1) is 0 Å². The van der Waals surface area contributed by atoms with Gasteiger partial charge in [-0.05, 0) is 24.1 Å². The van der Waals surface area contributed by atoms with E-state index in [2.05, 4.69) is 33.7 Å². The summed E-state index contributed by atoms with van der Waals surface area (Å²) in [7, 11) is 0. The summed E-state index contributed by atoms with van der Waals surface area (Å²) in [5.41, 5.74) is 2.62. The Morgan fingerprint density at radius 3 is 2.89 bits per heavy atom. The number of ether oxygens (including phenoxy) is 1. The summed E-state index contributed by atoms with van der Waals surface area (Å²) in [6, 6.07) is 8.54. The Kier molecular flexibility index (Phi) is 6.24. The van der Waals surface area contributed by atoms with Crippen LogP contribution >= 0.6 is 0 Å². The fourth-order valence-electron chi connectivity index (χ4n) is 4.37. The second kappa shape index (κ2) is 9.03. The van der Waals surface area contributed by atoms with Crippen LogP contribution in [0.15, 0.2) is 24.3 Å². The van der Waals surface area contributed by atoms with E-state index in [9.17, 15) is 9.59 Å². The van der Waals surface area contributed by atoms with Gasteiger partial charge in [0.25, 0.3) is 0 Å². The quantitative estimate of drug-likeness (QED) is 0.729. The van der Waals surface area contributed by atoms with Gasteiger partial charge in [0.15, 0.2) is 0 Å². The van der Waals surface area contributed by atoms with Crippen molar-refractivity contribution in [3.05, 3.63) is 35.4 Å². The molecule has 152 valence electrons. The van der Waals surface area contributed by atoms with Crippen LogP contribution in [0, 0.1) is 5.92 Å². The number of carbonyl (C=O) groups excluding carboxylic acids is 2. The summed E-state index contributed by atoms with van der Waals surface area (Å²) in [5, 5.41) is 6.56. The van der Waals surface area contributed by atoms with Gasteiger partial charge in [-0.25, -0.2) is 0 Å². The van der Waals surface area contributed by atoms with Crippen LogP contribution in [-0.2, 0) is 20.7 Å². The van der Waals surface area contributed by atoms with Gasteiger partial charge >= 0.3 is 0 Å². The van der Waals surface area contributed by atoms with Crippen LogP contribution < -0.4 is 10.6 Å². The SMILES string of the molecule is O=C(NCC1NCCc2ccccc21)C1CC(=O)N(CCN2CCOCC2)C1. The van der Waals surface area contributed by atoms with Crippen molar-refractivity contribution >= 4 is 11.8 Å². The highest BCUT2D eigenvalue weighted by molar-refractivity contribution is 5.89. The second-order valence-corrected chi connectivity index (χ2v) is 7.90. The third kappa shape index (κ3) is 4.54. The Labute approximate surface area is 166 Å². The van der Waals surface area contributed by atoms with E-state index >= 15 is 0 Å². The lowest BCUT2D eigenvalue weighted by Gasteiger charge is -2.28. The molecule has 7 nitrogen and oxygen atoms in total. The molecule has 2 N–H and O–H groups in total. The minimum atomic E-state index is -0.240. The molecule has 2 amide bonds. The number of likely N-dealkylation sites (tertiary alicyclic amines) is 1. The highest BCUT2D eigenvalue weighted by Gasteiger charge is 2.34. The summed E-state index contributed by atoms with van der Waals surface area (Å²) in [6.07, 6.45) is 1.35. The van der Waals surface area contributed by atoms with Crippen molar-refractivity contribution in [3.8, 4) is 0 Å². The predicted molar refractivity (Wildman–Crippen MR) is 106 cm³/mol. The van der Waals surface area contributed by atoms with Crippen molar-refractivity contribution in [1.29, 1.82) is 0 Å². The average molecular weight is 386 g/mol. The molecule has 3 aliphatic heterocycles. The Morgan fingerprint density at radius 2 is 2.04 bits per heavy atom. The number of rotatable bonds is 6. The number of morpholine rings is 1. The lowest BCUT2D eigenvalue weighted by atomic mass is 9.94. The molecule has 4 rings (SSSR count). The molecule has 2 atom stereocenters. The van der Waals surface area contributed by atoms with Crippen LogP contribution in [-0.4, -0.2) is 80.6 Å². The standard InChI is InChI=1S/C21H30N4O3/c26-20-13-17(15-25(20)8-7-24-9-11-28-12-10-24)21(27)23-14-19-18-4-2-1-3-16(18)5-6-22-19/h1-4,17,19,22H,5-15H2,(H,23,27). The van der Waals surface area contributed by atoms with E-state index in [4.69, 9.17) is 4.74 Å². The molecule has 2 saturated heterocycles. The molecule has 0 radical (unpaired) electrons. The second-order valence-electron chi connectivity index (χ2n) is 7.90. The molecule has 0 saturated carbocycles. The fourth-order valence-corrected chi connectivity index (χ4v) is 4.37. The van der Waals surface area contributed by atoms with E-state index in [1.54, 1.807) is 0 Å². The number of hydrogen-bond donors (Lipinski definition) is 2. The molecule has 1 aromatic carbocycles. The predicted octanol–water partition coefficient (Wildman–Crippen LogP) is 0.170. The molecule has 3 heterocycles. The Balaban J connectivity index is 1.25. The molecule has 1 aromatic rings. The molecule has 2 fully saturated rings. The number of nitrogens with zero attached hydrogens (tertiary/aromatic N) is 2. The van der Waals surface area contributed by atoms with Crippen LogP contribution in [0.5, 0.6) is 0 Å². The summed E-state index contributed by atoms with van der Waals surface area (Å²) < 4.78 is 5.36. The highest BCUT2D eigenvalue weighted by atomic mass is 16.5. The first-order chi connectivity index (χ1) is 13.7. The summed E-state index contributed by atoms with van der Waals surface area (Å²) in [4.78, 5) is 29.1. The van der Waals surface area contributed by atoms with E-state index in [1.165, 1.54) is 11.1 Å². The van der Waals surface area contributed by atoms with E-state index in [1.807, 2.05) is 11.0 Å². The van der Waals surface area contributed by atoms with Crippen LogP contribution in [0.25, 0.3) is 0 Å². The maximum atomic E-state index is 12.7. The fraction of sp³-hybridized carbons (Fsp3) is 0.619. The molecular weight excluding hydrogens is 356 g/mol. The zero-order valence-electron chi connectivity index (χ0n) is 16.4. The number of carbonyl (C=O) groups is 2. The molecule has 3 aliphatic rings. The first kappa shape index (κ1) is 19.4. The monoisotopic (exact) mass is 386 g/mol. The minimum Gasteiger partial charge on any atom is -0.379 e. The van der Waals surface area contributed by atoms with Crippen molar-refractivity contribution in [2.45, 2.75) is 18.9 Å². The minimum absolute atomic E-state index is 0.00734. The van der Waals surface area contributed by atoms with Crippen LogP contribution in [0.3, 0.4) is 0 Å². The van der Waals surface area contributed by atoms with Crippen LogP contribution in [0.1, 0.15) is 23.6 Å². The Morgan fingerprint density at radius 1 is 1.21 bits per heavy atom. The third-order valence-corrected chi connectivity index (χ3v) is 6.07. The molecule has 0 aromatic heterocycles. The molecule has 28 heavy (non-hydrogen) atoms. The smallest absolute Gasteiger partial charge is 0.225 e. The molecule has 0 spiro atoms. The summed E-state index contributed by atoms with van der Waals surface area (Å²) in [5.74, 6) is -0.155. The number of nitrogens with one attached hydrogen (secondary N) is 2. The van der Waals surface area contributed by atoms with Gasteiger partial charge in [-0.1, -0.05) is 24.3 Å². The summed E-state index contributed by atoms with van der Waals surface area (Å²) in [6.45, 7) is 6.93. The van der Waals surface area contributed by atoms with Crippen LogP contribution in [0.4, 0.5) is 0 Å². The van der Waals surface area contributed by atoms with Crippen LogP contribution in [0.2, 0.25) is 0 Å². The Bertz CT molecular complexity index is 705. The first-order valence-electron chi connectivity index (χ1n) is 10.4. The maximum absolute atomic E-state index is 12.7. The van der Waals surface area contributed by atoms with E-state index < -0.39 is 0 Å². The average Bonchev–Trinajstić information content (AvgIpc) is 3.12. The van der Waals surface area contributed by atoms with Crippen molar-refractivity contribution in [2.75, 3.05) is 59.0 Å². The third-order valence-electron chi connectivity index (χ3n) is 6.07. The molecule has 0 bridgehead atoms. The van der Waals surface area contributed by atoms with E-state index in [-0.39, 0.29) is 23.8 Å². The van der Waals surface area contributed by atoms with Gasteiger partial charge in [-0.3, -0.25) is 14.5 Å². The first-order valence-corrected chi connectivity index (χ1v) is 10.4. The van der Waals surface area contributed by atoms with Gasteiger partial charge in [0.1, 0.15) is 0 Å². The largest absolute Gasteiger partial charge is 0.379 e. The molecule has 2 unspecified atom stereocenters. The van der Waals surface area contributed by atoms with Gasteiger partial charge in [-0.2, -0.15) is 0 Å². The lowest BCUT2D eigenvalue weighted by Crippen LogP contribution is -2.43. The number of benzene rings is 1. The zero-order valence-corrected chi connectivity index (χ0v) is 16.4. The van der Waals surface area contributed by atoms with Crippen molar-refractivity contribution in [3.63, 3.8) is 0 Å². The normalized spacial score (nSPS) is 25.6. The highest BCUT2D eigenvalue weighted by Crippen LogP contribution is 2.23. The number of amides is 2. The van der Waals surface area contributed by atoms with Gasteiger partial charge in [0.05, 0.1) is 19.1 Å².